The van der Waals surface area contributed by atoms with Crippen LogP contribution in [0, 0.1) is 13.8 Å². The molecule has 2 aliphatic heterocycles. The number of aryl methyl sites for hydroxylation is 1. The van der Waals surface area contributed by atoms with Crippen LogP contribution in [-0.2, 0) is 0 Å². The molecular weight excluding hydrogens is 428 g/mol. The Morgan fingerprint density at radius 3 is 2.32 bits per heavy atom. The number of urea groups is 1. The molecule has 1 aliphatic carbocycles. The maximum Gasteiger partial charge on any atom is 0.321 e. The van der Waals surface area contributed by atoms with Crippen molar-refractivity contribution >= 4 is 29.2 Å². The van der Waals surface area contributed by atoms with E-state index in [0.717, 1.165) is 45.2 Å². The molecule has 1 N–H and O–H groups in total. The first-order valence-electron chi connectivity index (χ1n) is 12.3. The van der Waals surface area contributed by atoms with Gasteiger partial charge < -0.3 is 15.1 Å². The minimum Gasteiger partial charge on any atom is -0.368 e. The van der Waals surface area contributed by atoms with Gasteiger partial charge in [0.25, 0.3) is 11.8 Å². The van der Waals surface area contributed by atoms with Crippen molar-refractivity contribution in [3.63, 3.8) is 0 Å². The van der Waals surface area contributed by atoms with E-state index in [9.17, 15) is 14.4 Å². The van der Waals surface area contributed by atoms with Gasteiger partial charge in [-0.05, 0) is 62.1 Å². The van der Waals surface area contributed by atoms with Crippen LogP contribution in [0.2, 0.25) is 0 Å². The van der Waals surface area contributed by atoms with Gasteiger partial charge in [0, 0.05) is 43.6 Å². The molecule has 7 heteroatoms. The zero-order valence-corrected chi connectivity index (χ0v) is 20.0. The van der Waals surface area contributed by atoms with E-state index in [-0.39, 0.29) is 23.9 Å². The fourth-order valence-electron chi connectivity index (χ4n) is 5.44. The predicted molar refractivity (Wildman–Crippen MR) is 133 cm³/mol. The molecule has 0 aromatic heterocycles. The average molecular weight is 461 g/mol. The third kappa shape index (κ3) is 4.04. The van der Waals surface area contributed by atoms with Gasteiger partial charge in [-0.15, -0.1) is 0 Å². The van der Waals surface area contributed by atoms with Crippen LogP contribution >= 0.6 is 0 Å². The summed E-state index contributed by atoms with van der Waals surface area (Å²) < 4.78 is 0. The van der Waals surface area contributed by atoms with Crippen LogP contribution in [0.4, 0.5) is 16.2 Å². The fourth-order valence-corrected chi connectivity index (χ4v) is 5.44. The molecule has 0 unspecified atom stereocenters. The second-order valence-corrected chi connectivity index (χ2v) is 9.66. The number of hydrogen-bond acceptors (Lipinski definition) is 4. The van der Waals surface area contributed by atoms with Crippen molar-refractivity contribution in [2.24, 2.45) is 0 Å². The number of carbonyl (C=O) groups is 3. The molecule has 0 bridgehead atoms. The van der Waals surface area contributed by atoms with E-state index in [1.165, 1.54) is 21.7 Å². The Labute approximate surface area is 200 Å². The van der Waals surface area contributed by atoms with E-state index in [1.54, 1.807) is 23.1 Å². The zero-order valence-electron chi connectivity index (χ0n) is 20.0. The monoisotopic (exact) mass is 460 g/mol. The summed E-state index contributed by atoms with van der Waals surface area (Å²) in [6.07, 6.45) is 5.02. The van der Waals surface area contributed by atoms with Crippen molar-refractivity contribution in [1.82, 2.24) is 9.80 Å². The topological polar surface area (TPSA) is 73.0 Å². The Morgan fingerprint density at radius 1 is 0.882 bits per heavy atom. The molecule has 3 aliphatic rings. The molecule has 2 aromatic carbocycles. The van der Waals surface area contributed by atoms with Gasteiger partial charge in [0.05, 0.1) is 11.1 Å². The standard InChI is InChI=1S/C27H32N4O3/c1-18-7-6-10-24(19(18)2)29-13-15-30(16-14-29)27(34)28-20-11-12-22-23(17-20)26(33)31(25(22)32)21-8-4-3-5-9-21/h6-7,10-12,17,21H,3-5,8-9,13-16H2,1-2H3,(H,28,34). The number of fused-ring (bicyclic) bond motifs is 1. The zero-order chi connectivity index (χ0) is 23.8. The summed E-state index contributed by atoms with van der Waals surface area (Å²) in [5.41, 5.74) is 5.16. The molecule has 2 aromatic rings. The number of hydrogen-bond donors (Lipinski definition) is 1. The SMILES string of the molecule is Cc1cccc(N2CCN(C(=O)Nc3ccc4c(c3)C(=O)N(C3CCCCC3)C4=O)CC2)c1C. The smallest absolute Gasteiger partial charge is 0.321 e. The highest BCUT2D eigenvalue weighted by Crippen LogP contribution is 2.32. The summed E-state index contributed by atoms with van der Waals surface area (Å²) >= 11 is 0. The molecule has 0 radical (unpaired) electrons. The Kier molecular flexibility index (Phi) is 6.02. The summed E-state index contributed by atoms with van der Waals surface area (Å²) in [5.74, 6) is -0.433. The lowest BCUT2D eigenvalue weighted by Crippen LogP contribution is -2.50. The molecular formula is C27H32N4O3. The second kappa shape index (κ2) is 9.12. The number of amides is 4. The minimum absolute atomic E-state index is 0.00692. The molecule has 2 heterocycles. The van der Waals surface area contributed by atoms with Gasteiger partial charge in [0.1, 0.15) is 0 Å². The second-order valence-electron chi connectivity index (χ2n) is 9.66. The molecule has 178 valence electrons. The summed E-state index contributed by atoms with van der Waals surface area (Å²) in [6, 6.07) is 11.2. The van der Waals surface area contributed by atoms with Gasteiger partial charge >= 0.3 is 6.03 Å². The number of carbonyl (C=O) groups excluding carboxylic acids is 3. The van der Waals surface area contributed by atoms with Crippen LogP contribution in [-0.4, -0.2) is 59.9 Å². The quantitative estimate of drug-likeness (QED) is 0.680. The van der Waals surface area contributed by atoms with Crippen molar-refractivity contribution in [1.29, 1.82) is 0 Å². The Balaban J connectivity index is 1.23. The number of benzene rings is 2. The van der Waals surface area contributed by atoms with Gasteiger partial charge in [-0.3, -0.25) is 14.5 Å². The Bertz CT molecular complexity index is 1130. The molecule has 5 rings (SSSR count). The van der Waals surface area contributed by atoms with E-state index in [2.05, 4.69) is 42.3 Å². The highest BCUT2D eigenvalue weighted by molar-refractivity contribution is 6.22. The summed E-state index contributed by atoms with van der Waals surface area (Å²) in [7, 11) is 0. The molecule has 1 saturated carbocycles. The summed E-state index contributed by atoms with van der Waals surface area (Å²) in [6.45, 7) is 7.04. The van der Waals surface area contributed by atoms with Crippen LogP contribution in [0.1, 0.15) is 63.9 Å². The van der Waals surface area contributed by atoms with Crippen LogP contribution in [0.15, 0.2) is 36.4 Å². The van der Waals surface area contributed by atoms with Crippen molar-refractivity contribution in [3.8, 4) is 0 Å². The highest BCUT2D eigenvalue weighted by Gasteiger charge is 2.40. The third-order valence-electron chi connectivity index (χ3n) is 7.59. The number of imide groups is 1. The van der Waals surface area contributed by atoms with E-state index >= 15 is 0 Å². The highest BCUT2D eigenvalue weighted by atomic mass is 16.2. The third-order valence-corrected chi connectivity index (χ3v) is 7.59. The molecule has 0 atom stereocenters. The van der Waals surface area contributed by atoms with Gasteiger partial charge in [-0.25, -0.2) is 4.79 Å². The normalized spacial score (nSPS) is 18.9. The Hall–Kier alpha value is -3.35. The van der Waals surface area contributed by atoms with Crippen LogP contribution in [0.25, 0.3) is 0 Å². The first kappa shape index (κ1) is 22.4. The average Bonchev–Trinajstić information content (AvgIpc) is 3.10. The molecule has 7 nitrogen and oxygen atoms in total. The van der Waals surface area contributed by atoms with Crippen molar-refractivity contribution in [2.45, 2.75) is 52.0 Å². The lowest BCUT2D eigenvalue weighted by molar-refractivity contribution is 0.0549. The van der Waals surface area contributed by atoms with Crippen molar-refractivity contribution in [2.75, 3.05) is 36.4 Å². The lowest BCUT2D eigenvalue weighted by Gasteiger charge is -2.37. The van der Waals surface area contributed by atoms with Gasteiger partial charge in [0.15, 0.2) is 0 Å². The van der Waals surface area contributed by atoms with Gasteiger partial charge in [-0.2, -0.15) is 0 Å². The number of rotatable bonds is 3. The molecule has 4 amide bonds. The summed E-state index contributed by atoms with van der Waals surface area (Å²) in [4.78, 5) is 44.4. The molecule has 1 saturated heterocycles. The number of anilines is 2. The first-order chi connectivity index (χ1) is 16.4. The minimum atomic E-state index is -0.231. The number of nitrogens with zero attached hydrogens (tertiary/aromatic N) is 3. The van der Waals surface area contributed by atoms with Crippen LogP contribution in [0.3, 0.4) is 0 Å². The van der Waals surface area contributed by atoms with E-state index < -0.39 is 0 Å². The number of piperazine rings is 1. The van der Waals surface area contributed by atoms with Gasteiger partial charge in [-0.1, -0.05) is 31.4 Å². The van der Waals surface area contributed by atoms with Crippen LogP contribution < -0.4 is 10.2 Å². The van der Waals surface area contributed by atoms with Crippen molar-refractivity contribution in [3.05, 3.63) is 58.7 Å². The largest absolute Gasteiger partial charge is 0.368 e. The maximum atomic E-state index is 13.0. The maximum absolute atomic E-state index is 13.0. The fraction of sp³-hybridized carbons (Fsp3) is 0.444. The first-order valence-corrected chi connectivity index (χ1v) is 12.3. The lowest BCUT2D eigenvalue weighted by atomic mass is 9.94. The predicted octanol–water partition coefficient (Wildman–Crippen LogP) is 4.59. The van der Waals surface area contributed by atoms with E-state index in [4.69, 9.17) is 0 Å². The summed E-state index contributed by atoms with van der Waals surface area (Å²) in [5, 5.41) is 2.93. The number of nitrogens with one attached hydrogen (secondary N) is 1. The Morgan fingerprint density at radius 2 is 1.59 bits per heavy atom. The molecule has 34 heavy (non-hydrogen) atoms. The van der Waals surface area contributed by atoms with Crippen LogP contribution in [0.5, 0.6) is 0 Å². The molecule has 2 fully saturated rings. The van der Waals surface area contributed by atoms with E-state index in [0.29, 0.717) is 29.9 Å². The van der Waals surface area contributed by atoms with E-state index in [1.807, 2.05) is 0 Å². The van der Waals surface area contributed by atoms with Crippen molar-refractivity contribution < 1.29 is 14.4 Å². The molecule has 0 spiro atoms. The van der Waals surface area contributed by atoms with Gasteiger partial charge in [0.2, 0.25) is 0 Å².